The molecule has 0 spiro atoms. The summed E-state index contributed by atoms with van der Waals surface area (Å²) in [6.45, 7) is 2.46. The van der Waals surface area contributed by atoms with Crippen LogP contribution in [0.1, 0.15) is 36.0 Å². The number of benzene rings is 1. The summed E-state index contributed by atoms with van der Waals surface area (Å²) in [4.78, 5) is 0. The molecule has 1 fully saturated rings. The highest BCUT2D eigenvalue weighted by Crippen LogP contribution is 2.31. The fourth-order valence-corrected chi connectivity index (χ4v) is 2.88. The Hall–Kier alpha value is -1.06. The average molecular weight is 233 g/mol. The third-order valence-electron chi connectivity index (χ3n) is 3.87. The number of piperidine rings is 1. The fourth-order valence-electron chi connectivity index (χ4n) is 2.88. The van der Waals surface area contributed by atoms with Crippen LogP contribution in [-0.2, 0) is 24.4 Å². The molecule has 0 bridgehead atoms. The van der Waals surface area contributed by atoms with Crippen LogP contribution in [0.2, 0.25) is 0 Å². The number of aromatic hydroxyl groups is 1. The molecule has 0 aromatic heterocycles. The highest BCUT2D eigenvalue weighted by Gasteiger charge is 2.21. The van der Waals surface area contributed by atoms with Crippen molar-refractivity contribution in [2.24, 2.45) is 0 Å². The van der Waals surface area contributed by atoms with Crippen LogP contribution < -0.4 is 5.32 Å². The molecule has 1 unspecified atom stereocenters. The molecule has 3 nitrogen and oxygen atoms in total. The molecular weight excluding hydrogens is 214 g/mol. The lowest BCUT2D eigenvalue weighted by atomic mass is 9.93. The van der Waals surface area contributed by atoms with E-state index in [1.807, 2.05) is 12.1 Å². The van der Waals surface area contributed by atoms with Crippen LogP contribution in [0.5, 0.6) is 5.75 Å². The second-order valence-corrected chi connectivity index (χ2v) is 5.04. The van der Waals surface area contributed by atoms with Crippen LogP contribution in [0.15, 0.2) is 12.1 Å². The first-order chi connectivity index (χ1) is 8.34. The molecule has 17 heavy (non-hydrogen) atoms. The van der Waals surface area contributed by atoms with Crippen molar-refractivity contribution in [1.29, 1.82) is 0 Å². The first kappa shape index (κ1) is 11.1. The third-order valence-corrected chi connectivity index (χ3v) is 3.87. The van der Waals surface area contributed by atoms with Crippen molar-refractivity contribution in [2.45, 2.75) is 44.9 Å². The van der Waals surface area contributed by atoms with Crippen LogP contribution in [0.4, 0.5) is 0 Å². The van der Waals surface area contributed by atoms with Gasteiger partial charge in [0, 0.05) is 11.6 Å². The minimum absolute atomic E-state index is 0.432. The lowest BCUT2D eigenvalue weighted by Crippen LogP contribution is -2.35. The molecule has 0 saturated carbocycles. The summed E-state index contributed by atoms with van der Waals surface area (Å²) < 4.78 is 5.47. The summed E-state index contributed by atoms with van der Waals surface area (Å²) in [6, 6.07) is 4.31. The predicted molar refractivity (Wildman–Crippen MR) is 65.9 cm³/mol. The Kier molecular flexibility index (Phi) is 3.04. The lowest BCUT2D eigenvalue weighted by Gasteiger charge is -2.24. The van der Waals surface area contributed by atoms with E-state index in [1.165, 1.54) is 30.4 Å². The van der Waals surface area contributed by atoms with Crippen molar-refractivity contribution in [3.8, 4) is 5.75 Å². The van der Waals surface area contributed by atoms with Crippen molar-refractivity contribution < 1.29 is 9.84 Å². The van der Waals surface area contributed by atoms with Crippen molar-refractivity contribution in [3.05, 3.63) is 28.8 Å². The maximum atomic E-state index is 10.0. The van der Waals surface area contributed by atoms with Gasteiger partial charge in [0.2, 0.25) is 0 Å². The molecule has 0 amide bonds. The zero-order chi connectivity index (χ0) is 11.7. The maximum absolute atomic E-state index is 10.0. The van der Waals surface area contributed by atoms with Crippen LogP contribution in [0.25, 0.3) is 0 Å². The van der Waals surface area contributed by atoms with Crippen molar-refractivity contribution in [1.82, 2.24) is 5.32 Å². The summed E-state index contributed by atoms with van der Waals surface area (Å²) in [7, 11) is 0. The Labute approximate surface area is 102 Å². The molecule has 2 heterocycles. The maximum Gasteiger partial charge on any atom is 0.119 e. The molecule has 92 valence electrons. The molecule has 3 heteroatoms. The van der Waals surface area contributed by atoms with Gasteiger partial charge in [-0.3, -0.25) is 0 Å². The van der Waals surface area contributed by atoms with E-state index in [1.54, 1.807) is 0 Å². The predicted octanol–water partition coefficient (Wildman–Crippen LogP) is 2.11. The highest BCUT2D eigenvalue weighted by molar-refractivity contribution is 5.45. The molecular formula is C14H19NO2. The Morgan fingerprint density at radius 1 is 1.29 bits per heavy atom. The summed E-state index contributed by atoms with van der Waals surface area (Å²) in [5.74, 6) is 0.432. The smallest absolute Gasteiger partial charge is 0.119 e. The zero-order valence-electron chi connectivity index (χ0n) is 10.0. The molecule has 2 N–H and O–H groups in total. The number of ether oxygens (including phenoxy) is 1. The Morgan fingerprint density at radius 2 is 2.24 bits per heavy atom. The number of phenols is 1. The molecule has 0 aliphatic carbocycles. The molecule has 0 radical (unpaired) electrons. The number of hydrogen-bond acceptors (Lipinski definition) is 3. The van der Waals surface area contributed by atoms with Gasteiger partial charge in [-0.05, 0) is 43.0 Å². The van der Waals surface area contributed by atoms with E-state index in [0.29, 0.717) is 25.0 Å². The van der Waals surface area contributed by atoms with Gasteiger partial charge < -0.3 is 15.2 Å². The van der Waals surface area contributed by atoms with Crippen LogP contribution in [0, 0.1) is 0 Å². The second-order valence-electron chi connectivity index (χ2n) is 5.04. The SMILES string of the molecule is Oc1ccc2c(c1CC1CCCCN1)COC2. The highest BCUT2D eigenvalue weighted by atomic mass is 16.5. The fraction of sp³-hybridized carbons (Fsp3) is 0.571. The van der Waals surface area contributed by atoms with E-state index >= 15 is 0 Å². The summed E-state index contributed by atoms with van der Waals surface area (Å²) in [5.41, 5.74) is 3.56. The van der Waals surface area contributed by atoms with Gasteiger partial charge in [-0.25, -0.2) is 0 Å². The molecule has 1 saturated heterocycles. The summed E-state index contributed by atoms with van der Waals surface area (Å²) in [5, 5.41) is 13.6. The van der Waals surface area contributed by atoms with E-state index in [2.05, 4.69) is 5.32 Å². The minimum Gasteiger partial charge on any atom is -0.508 e. The molecule has 3 rings (SSSR count). The standard InChI is InChI=1S/C14H19NO2/c16-14-5-4-10-8-17-9-13(10)12(14)7-11-3-1-2-6-15-11/h4-5,11,15-16H,1-3,6-9H2. The molecule has 1 aromatic rings. The number of hydrogen-bond donors (Lipinski definition) is 2. The number of fused-ring (bicyclic) bond motifs is 1. The van der Waals surface area contributed by atoms with Gasteiger partial charge in [0.1, 0.15) is 5.75 Å². The first-order valence-corrected chi connectivity index (χ1v) is 6.48. The van der Waals surface area contributed by atoms with E-state index in [4.69, 9.17) is 4.74 Å². The zero-order valence-corrected chi connectivity index (χ0v) is 10.0. The Morgan fingerprint density at radius 3 is 3.06 bits per heavy atom. The van der Waals surface area contributed by atoms with E-state index in [0.717, 1.165) is 18.5 Å². The van der Waals surface area contributed by atoms with E-state index in [-0.39, 0.29) is 0 Å². The van der Waals surface area contributed by atoms with Gasteiger partial charge in [0.05, 0.1) is 13.2 Å². The van der Waals surface area contributed by atoms with Gasteiger partial charge in [-0.15, -0.1) is 0 Å². The first-order valence-electron chi connectivity index (χ1n) is 6.48. The molecule has 1 aromatic carbocycles. The quantitative estimate of drug-likeness (QED) is 0.822. The van der Waals surface area contributed by atoms with Gasteiger partial charge >= 0.3 is 0 Å². The van der Waals surface area contributed by atoms with Gasteiger partial charge in [0.15, 0.2) is 0 Å². The number of phenolic OH excluding ortho intramolecular Hbond substituents is 1. The molecule has 2 aliphatic rings. The van der Waals surface area contributed by atoms with Gasteiger partial charge in [-0.2, -0.15) is 0 Å². The number of rotatable bonds is 2. The monoisotopic (exact) mass is 233 g/mol. The van der Waals surface area contributed by atoms with Gasteiger partial charge in [-0.1, -0.05) is 12.5 Å². The molecule has 2 aliphatic heterocycles. The normalized spacial score (nSPS) is 23.6. The molecule has 1 atom stereocenters. The van der Waals surface area contributed by atoms with Gasteiger partial charge in [0.25, 0.3) is 0 Å². The summed E-state index contributed by atoms with van der Waals surface area (Å²) in [6.07, 6.45) is 4.71. The lowest BCUT2D eigenvalue weighted by molar-refractivity contribution is 0.134. The topological polar surface area (TPSA) is 41.5 Å². The van der Waals surface area contributed by atoms with E-state index in [9.17, 15) is 5.11 Å². The van der Waals surface area contributed by atoms with Crippen LogP contribution in [-0.4, -0.2) is 17.7 Å². The second kappa shape index (κ2) is 4.67. The van der Waals surface area contributed by atoms with Crippen molar-refractivity contribution >= 4 is 0 Å². The number of nitrogens with one attached hydrogen (secondary N) is 1. The van der Waals surface area contributed by atoms with Crippen LogP contribution >= 0.6 is 0 Å². The largest absolute Gasteiger partial charge is 0.508 e. The minimum atomic E-state index is 0.432. The summed E-state index contributed by atoms with van der Waals surface area (Å²) >= 11 is 0. The Balaban J connectivity index is 1.84. The van der Waals surface area contributed by atoms with Crippen molar-refractivity contribution in [3.63, 3.8) is 0 Å². The Bertz CT molecular complexity index is 411. The van der Waals surface area contributed by atoms with Crippen LogP contribution in [0.3, 0.4) is 0 Å². The van der Waals surface area contributed by atoms with Crippen molar-refractivity contribution in [2.75, 3.05) is 6.54 Å². The average Bonchev–Trinajstić information content (AvgIpc) is 2.83. The third kappa shape index (κ3) is 2.17. The van der Waals surface area contributed by atoms with E-state index < -0.39 is 0 Å².